The van der Waals surface area contributed by atoms with Crippen LogP contribution in [0.4, 0.5) is 0 Å². The van der Waals surface area contributed by atoms with Gasteiger partial charge in [-0.3, -0.25) is 13.8 Å². The molecule has 0 aliphatic rings. The normalized spacial score (nSPS) is 13.3. The fourth-order valence-electron chi connectivity index (χ4n) is 8.00. The van der Waals surface area contributed by atoms with Crippen LogP contribution in [0.2, 0.25) is 0 Å². The smallest absolute Gasteiger partial charge is 0.457 e. The summed E-state index contributed by atoms with van der Waals surface area (Å²) < 4.78 is 33.6. The van der Waals surface area contributed by atoms with Crippen LogP contribution in [0.3, 0.4) is 0 Å². The molecular formula is C52H104NO7P. The van der Waals surface area contributed by atoms with E-state index in [0.29, 0.717) is 13.0 Å². The third-order valence-corrected chi connectivity index (χ3v) is 12.9. The molecule has 9 heteroatoms. The number of phosphoric ester groups is 1. The van der Waals surface area contributed by atoms with E-state index in [1.807, 2.05) is 0 Å². The summed E-state index contributed by atoms with van der Waals surface area (Å²) in [6.07, 6.45) is 56.8. The summed E-state index contributed by atoms with van der Waals surface area (Å²) in [4.78, 5) is 22.6. The summed E-state index contributed by atoms with van der Waals surface area (Å²) in [5.74, 6) is -0.323. The molecule has 0 saturated heterocycles. The lowest BCUT2D eigenvalue weighted by molar-refractivity contribution is -0.154. The molecule has 0 heterocycles. The number of rotatable bonds is 52. The lowest BCUT2D eigenvalue weighted by Gasteiger charge is -2.20. The van der Waals surface area contributed by atoms with Gasteiger partial charge >= 0.3 is 13.8 Å². The molecule has 0 aliphatic heterocycles. The van der Waals surface area contributed by atoms with E-state index < -0.39 is 13.9 Å². The number of allylic oxidation sites excluding steroid dienone is 2. The number of unbranched alkanes of at least 4 members (excludes halogenated alkanes) is 37. The van der Waals surface area contributed by atoms with Crippen molar-refractivity contribution in [1.29, 1.82) is 0 Å². The molecule has 3 N–H and O–H groups in total. The molecule has 8 nitrogen and oxygen atoms in total. The van der Waals surface area contributed by atoms with Gasteiger partial charge in [-0.25, -0.2) is 4.57 Å². The van der Waals surface area contributed by atoms with Crippen molar-refractivity contribution in [2.24, 2.45) is 5.73 Å². The van der Waals surface area contributed by atoms with Crippen LogP contribution in [-0.4, -0.2) is 49.9 Å². The van der Waals surface area contributed by atoms with Gasteiger partial charge in [-0.2, -0.15) is 0 Å². The Hall–Kier alpha value is -0.760. The molecule has 2 unspecified atom stereocenters. The van der Waals surface area contributed by atoms with Crippen molar-refractivity contribution >= 4 is 13.8 Å². The number of ether oxygens (including phenoxy) is 2. The maximum absolute atomic E-state index is 12.7. The lowest BCUT2D eigenvalue weighted by Crippen LogP contribution is -2.28. The van der Waals surface area contributed by atoms with Crippen molar-refractivity contribution in [3.63, 3.8) is 0 Å². The maximum Gasteiger partial charge on any atom is 0.472 e. The lowest BCUT2D eigenvalue weighted by atomic mass is 10.0. The van der Waals surface area contributed by atoms with Gasteiger partial charge in [-0.05, 0) is 38.5 Å². The minimum absolute atomic E-state index is 0.0918. The summed E-state index contributed by atoms with van der Waals surface area (Å²) in [6.45, 7) is 4.99. The Bertz CT molecular complexity index is 951. The standard InChI is InChI=1S/C52H104NO7P/c1-3-5-7-9-11-13-15-17-19-21-23-25-26-27-29-31-33-35-37-39-41-43-45-52(54)60-51(50-59-61(55,56)58-48-46-53)49-57-47-44-42-40-38-36-34-32-30-28-24-22-20-18-16-14-12-10-8-6-4-2/h18,20,51H,3-17,19,21-50,53H2,1-2H3,(H,55,56)/b20-18-. The Labute approximate surface area is 379 Å². The van der Waals surface area contributed by atoms with Crippen LogP contribution in [0.25, 0.3) is 0 Å². The van der Waals surface area contributed by atoms with Crippen molar-refractivity contribution in [3.8, 4) is 0 Å². The Morgan fingerprint density at radius 2 is 0.820 bits per heavy atom. The molecule has 0 bridgehead atoms. The average Bonchev–Trinajstić information content (AvgIpc) is 3.25. The van der Waals surface area contributed by atoms with Crippen molar-refractivity contribution in [3.05, 3.63) is 12.2 Å². The van der Waals surface area contributed by atoms with Crippen molar-refractivity contribution in [2.75, 3.05) is 33.0 Å². The molecule has 364 valence electrons. The number of hydrogen-bond acceptors (Lipinski definition) is 7. The van der Waals surface area contributed by atoms with E-state index in [0.717, 1.165) is 32.1 Å². The van der Waals surface area contributed by atoms with Crippen LogP contribution in [0.5, 0.6) is 0 Å². The van der Waals surface area contributed by atoms with Crippen LogP contribution in [0.1, 0.15) is 277 Å². The number of phosphoric acid groups is 1. The van der Waals surface area contributed by atoms with Gasteiger partial charge < -0.3 is 20.1 Å². The second-order valence-electron chi connectivity index (χ2n) is 18.1. The third kappa shape index (κ3) is 50.1. The molecule has 0 fully saturated rings. The molecule has 0 aliphatic carbocycles. The highest BCUT2D eigenvalue weighted by Crippen LogP contribution is 2.43. The number of carbonyl (C=O) groups is 1. The fraction of sp³-hybridized carbons (Fsp3) is 0.942. The molecule has 0 saturated carbocycles. The van der Waals surface area contributed by atoms with E-state index >= 15 is 0 Å². The van der Waals surface area contributed by atoms with Gasteiger partial charge in [0.25, 0.3) is 0 Å². The first-order valence-corrected chi connectivity index (χ1v) is 28.2. The van der Waals surface area contributed by atoms with Gasteiger partial charge in [-0.15, -0.1) is 0 Å². The maximum atomic E-state index is 12.7. The van der Waals surface area contributed by atoms with E-state index in [9.17, 15) is 14.3 Å². The molecule has 0 aromatic rings. The molecule has 0 radical (unpaired) electrons. The van der Waals surface area contributed by atoms with Crippen LogP contribution >= 0.6 is 7.82 Å². The van der Waals surface area contributed by atoms with E-state index in [1.165, 1.54) is 225 Å². The quantitative estimate of drug-likeness (QED) is 0.0268. The first kappa shape index (κ1) is 60.2. The summed E-state index contributed by atoms with van der Waals surface area (Å²) in [5, 5.41) is 0. The minimum atomic E-state index is -4.28. The topological polar surface area (TPSA) is 117 Å². The van der Waals surface area contributed by atoms with Crippen LogP contribution in [-0.2, 0) is 27.9 Å². The average molecular weight is 886 g/mol. The van der Waals surface area contributed by atoms with Crippen LogP contribution in [0, 0.1) is 0 Å². The summed E-state index contributed by atoms with van der Waals surface area (Å²) in [5.41, 5.74) is 5.39. The highest BCUT2D eigenvalue weighted by atomic mass is 31.2. The SMILES string of the molecule is CCCCCCCC/C=C\CCCCCCCCCCCCOCC(COP(=O)(O)OCCN)OC(=O)CCCCCCCCCCCCCCCCCCCCCCCC. The molecule has 0 spiro atoms. The largest absolute Gasteiger partial charge is 0.472 e. The molecule has 0 aromatic heterocycles. The molecular weight excluding hydrogens is 782 g/mol. The van der Waals surface area contributed by atoms with E-state index in [4.69, 9.17) is 24.3 Å². The Morgan fingerprint density at radius 1 is 0.475 bits per heavy atom. The van der Waals surface area contributed by atoms with Crippen LogP contribution in [0.15, 0.2) is 12.2 Å². The predicted molar refractivity (Wildman–Crippen MR) is 261 cm³/mol. The highest BCUT2D eigenvalue weighted by Gasteiger charge is 2.25. The molecule has 0 aromatic carbocycles. The van der Waals surface area contributed by atoms with Gasteiger partial charge in [0.1, 0.15) is 6.10 Å². The van der Waals surface area contributed by atoms with Crippen molar-refractivity contribution < 1.29 is 32.8 Å². The highest BCUT2D eigenvalue weighted by molar-refractivity contribution is 7.47. The van der Waals surface area contributed by atoms with Gasteiger partial charge in [0, 0.05) is 19.6 Å². The van der Waals surface area contributed by atoms with Gasteiger partial charge in [0.05, 0.1) is 19.8 Å². The minimum Gasteiger partial charge on any atom is -0.457 e. The predicted octanol–water partition coefficient (Wildman–Crippen LogP) is 16.6. The zero-order chi connectivity index (χ0) is 44.4. The second kappa shape index (κ2) is 50.2. The van der Waals surface area contributed by atoms with Crippen molar-refractivity contribution in [2.45, 2.75) is 283 Å². The first-order chi connectivity index (χ1) is 29.9. The van der Waals surface area contributed by atoms with Crippen LogP contribution < -0.4 is 5.73 Å². The van der Waals surface area contributed by atoms with Crippen molar-refractivity contribution in [1.82, 2.24) is 0 Å². The van der Waals surface area contributed by atoms with E-state index in [-0.39, 0.29) is 32.3 Å². The Morgan fingerprint density at radius 3 is 1.20 bits per heavy atom. The monoisotopic (exact) mass is 886 g/mol. The van der Waals surface area contributed by atoms with Gasteiger partial charge in [-0.1, -0.05) is 244 Å². The zero-order valence-corrected chi connectivity index (χ0v) is 41.6. The molecule has 0 amide bonds. The summed E-state index contributed by atoms with van der Waals surface area (Å²) in [7, 11) is -4.28. The zero-order valence-electron chi connectivity index (χ0n) is 40.7. The molecule has 61 heavy (non-hydrogen) atoms. The van der Waals surface area contributed by atoms with E-state index in [2.05, 4.69) is 26.0 Å². The molecule has 2 atom stereocenters. The number of esters is 1. The number of nitrogens with two attached hydrogens (primary N) is 1. The second-order valence-corrected chi connectivity index (χ2v) is 19.6. The van der Waals surface area contributed by atoms with E-state index in [1.54, 1.807) is 0 Å². The van der Waals surface area contributed by atoms with Gasteiger partial charge in [0.2, 0.25) is 0 Å². The summed E-state index contributed by atoms with van der Waals surface area (Å²) >= 11 is 0. The molecule has 0 rings (SSSR count). The third-order valence-electron chi connectivity index (χ3n) is 11.9. The number of hydrogen-bond donors (Lipinski definition) is 2. The van der Waals surface area contributed by atoms with Gasteiger partial charge in [0.15, 0.2) is 0 Å². The Balaban J connectivity index is 3.88. The first-order valence-electron chi connectivity index (χ1n) is 26.7. The Kier molecular flexibility index (Phi) is 49.6. The fourth-order valence-corrected chi connectivity index (χ4v) is 8.76. The summed E-state index contributed by atoms with van der Waals surface area (Å²) in [6, 6.07) is 0. The number of carbonyl (C=O) groups excluding carboxylic acids is 1.